The Bertz CT molecular complexity index is 1250. The van der Waals surface area contributed by atoms with E-state index in [1.165, 1.54) is 0 Å². The number of amides is 4. The van der Waals surface area contributed by atoms with Crippen molar-refractivity contribution in [2.45, 2.75) is 44.8 Å². The molecular formula is C24H27N5O4. The number of carbonyl (C=O) groups is 3. The molecule has 0 aliphatic heterocycles. The Morgan fingerprint density at radius 3 is 2.18 bits per heavy atom. The number of hydrogen-bond acceptors (Lipinski definition) is 4. The van der Waals surface area contributed by atoms with Crippen LogP contribution in [0.15, 0.2) is 42.5 Å². The number of hydrogen-bond donors (Lipinski definition) is 5. The first-order valence-corrected chi connectivity index (χ1v) is 10.6. The molecule has 3 aromatic rings. The zero-order valence-electron chi connectivity index (χ0n) is 18.7. The molecule has 0 bridgehead atoms. The van der Waals surface area contributed by atoms with E-state index in [0.29, 0.717) is 10.9 Å². The number of aromatic nitrogens is 1. The summed E-state index contributed by atoms with van der Waals surface area (Å²) in [6.45, 7) is 5.50. The van der Waals surface area contributed by atoms with Gasteiger partial charge in [-0.1, -0.05) is 36.4 Å². The maximum absolute atomic E-state index is 12.2. The number of nitrogens with one attached hydrogen (secondary N) is 3. The molecule has 4 amide bonds. The number of ether oxygens (including phenoxy) is 1. The van der Waals surface area contributed by atoms with E-state index in [-0.39, 0.29) is 11.4 Å². The van der Waals surface area contributed by atoms with Crippen molar-refractivity contribution in [3.05, 3.63) is 53.6 Å². The number of carbonyl (C=O) groups excluding carboxylic acids is 3. The summed E-state index contributed by atoms with van der Waals surface area (Å²) < 4.78 is 5.40. The highest BCUT2D eigenvalue weighted by Crippen LogP contribution is 2.46. The minimum atomic E-state index is -0.797. The van der Waals surface area contributed by atoms with Crippen LogP contribution in [0.5, 0.6) is 0 Å². The van der Waals surface area contributed by atoms with Crippen LogP contribution in [0.1, 0.15) is 49.5 Å². The largest absolute Gasteiger partial charge is 0.444 e. The fraction of sp³-hybridized carbons (Fsp3) is 0.292. The van der Waals surface area contributed by atoms with Crippen molar-refractivity contribution < 1.29 is 19.1 Å². The minimum Gasteiger partial charge on any atom is -0.444 e. The Balaban J connectivity index is 1.59. The van der Waals surface area contributed by atoms with Gasteiger partial charge in [-0.25, -0.2) is 9.59 Å². The van der Waals surface area contributed by atoms with Gasteiger partial charge in [-0.15, -0.1) is 0 Å². The lowest BCUT2D eigenvalue weighted by atomic mass is 9.98. The van der Waals surface area contributed by atoms with E-state index >= 15 is 0 Å². The lowest BCUT2D eigenvalue weighted by molar-refractivity contribution is 0.0495. The fourth-order valence-corrected chi connectivity index (χ4v) is 3.94. The van der Waals surface area contributed by atoms with E-state index in [1.54, 1.807) is 6.07 Å². The molecule has 7 N–H and O–H groups in total. The number of rotatable bonds is 5. The van der Waals surface area contributed by atoms with Crippen molar-refractivity contribution in [1.82, 2.24) is 10.3 Å². The lowest BCUT2D eigenvalue weighted by Gasteiger charge is -2.23. The summed E-state index contributed by atoms with van der Waals surface area (Å²) in [5.41, 5.74) is 13.4. The van der Waals surface area contributed by atoms with E-state index in [4.69, 9.17) is 16.2 Å². The lowest BCUT2D eigenvalue weighted by Crippen LogP contribution is -2.39. The number of primary amides is 2. The second kappa shape index (κ2) is 7.84. The number of anilines is 1. The quantitative estimate of drug-likeness (QED) is 0.400. The number of aromatic amines is 1. The molecule has 33 heavy (non-hydrogen) atoms. The van der Waals surface area contributed by atoms with Crippen LogP contribution in [0.2, 0.25) is 0 Å². The highest BCUT2D eigenvalue weighted by molar-refractivity contribution is 6.13. The van der Waals surface area contributed by atoms with Crippen molar-refractivity contribution in [3.8, 4) is 11.1 Å². The first-order valence-electron chi connectivity index (χ1n) is 10.6. The maximum atomic E-state index is 12.2. The average molecular weight is 450 g/mol. The molecule has 1 aliphatic carbocycles. The van der Waals surface area contributed by atoms with Gasteiger partial charge in [0.25, 0.3) is 5.91 Å². The smallest absolute Gasteiger partial charge is 0.408 e. The summed E-state index contributed by atoms with van der Waals surface area (Å²) in [6.07, 6.45) is 1.28. The third-order valence-electron chi connectivity index (χ3n) is 5.55. The molecule has 0 spiro atoms. The van der Waals surface area contributed by atoms with Crippen molar-refractivity contribution in [2.75, 3.05) is 5.32 Å². The van der Waals surface area contributed by atoms with Crippen molar-refractivity contribution >= 4 is 34.8 Å². The monoisotopic (exact) mass is 449 g/mol. The second-order valence-electron chi connectivity index (χ2n) is 9.28. The Hall–Kier alpha value is -4.01. The van der Waals surface area contributed by atoms with Crippen LogP contribution in [0, 0.1) is 0 Å². The number of urea groups is 1. The number of benzene rings is 2. The van der Waals surface area contributed by atoms with Crippen molar-refractivity contribution in [2.24, 2.45) is 11.5 Å². The van der Waals surface area contributed by atoms with E-state index in [1.807, 2.05) is 57.2 Å². The molecule has 9 heteroatoms. The Morgan fingerprint density at radius 1 is 1.00 bits per heavy atom. The Morgan fingerprint density at radius 2 is 1.64 bits per heavy atom. The third-order valence-corrected chi connectivity index (χ3v) is 5.55. The van der Waals surface area contributed by atoms with E-state index in [9.17, 15) is 14.4 Å². The van der Waals surface area contributed by atoms with Gasteiger partial charge in [-0.05, 0) is 56.4 Å². The third kappa shape index (κ3) is 4.62. The number of nitrogens with two attached hydrogens (primary N) is 2. The van der Waals surface area contributed by atoms with Gasteiger partial charge in [0.1, 0.15) is 11.4 Å². The van der Waals surface area contributed by atoms with Crippen LogP contribution in [0.3, 0.4) is 0 Å². The van der Waals surface area contributed by atoms with E-state index < -0.39 is 29.2 Å². The maximum Gasteiger partial charge on any atom is 0.408 e. The zero-order chi connectivity index (χ0) is 24.0. The summed E-state index contributed by atoms with van der Waals surface area (Å²) in [7, 11) is 0. The highest BCUT2D eigenvalue weighted by Gasteiger charge is 2.46. The van der Waals surface area contributed by atoms with Gasteiger partial charge in [0.15, 0.2) is 0 Å². The molecule has 2 aromatic carbocycles. The summed E-state index contributed by atoms with van der Waals surface area (Å²) in [4.78, 5) is 38.4. The predicted molar refractivity (Wildman–Crippen MR) is 126 cm³/mol. The molecule has 9 nitrogen and oxygen atoms in total. The number of H-pyrrole nitrogens is 1. The zero-order valence-corrected chi connectivity index (χ0v) is 18.7. The second-order valence-corrected chi connectivity index (χ2v) is 9.28. The number of fused-ring (bicyclic) bond motifs is 1. The Labute approximate surface area is 190 Å². The number of alkyl carbamates (subject to hydrolysis) is 1. The topological polar surface area (TPSA) is 152 Å². The van der Waals surface area contributed by atoms with Gasteiger partial charge < -0.3 is 26.5 Å². The van der Waals surface area contributed by atoms with Crippen LogP contribution >= 0.6 is 0 Å². The normalized spacial score (nSPS) is 14.5. The molecular weight excluding hydrogens is 422 g/mol. The molecule has 1 aromatic heterocycles. The fourth-order valence-electron chi connectivity index (χ4n) is 3.94. The van der Waals surface area contributed by atoms with Gasteiger partial charge in [0.05, 0.1) is 11.1 Å². The molecule has 1 aliphatic rings. The molecule has 0 radical (unpaired) electrons. The molecule has 1 heterocycles. The van der Waals surface area contributed by atoms with Crippen LogP contribution in [0.4, 0.5) is 15.4 Å². The highest BCUT2D eigenvalue weighted by atomic mass is 16.6. The van der Waals surface area contributed by atoms with Crippen LogP contribution in [-0.2, 0) is 10.3 Å². The van der Waals surface area contributed by atoms with Gasteiger partial charge in [-0.3, -0.25) is 10.1 Å². The molecule has 4 rings (SSSR count). The molecule has 1 saturated carbocycles. The average Bonchev–Trinajstić information content (AvgIpc) is 3.38. The first-order chi connectivity index (χ1) is 15.5. The summed E-state index contributed by atoms with van der Waals surface area (Å²) in [5.74, 6) is -0.504. The summed E-state index contributed by atoms with van der Waals surface area (Å²) >= 11 is 0. The van der Waals surface area contributed by atoms with Crippen molar-refractivity contribution in [1.29, 1.82) is 0 Å². The minimum absolute atomic E-state index is 0.168. The molecule has 0 unspecified atom stereocenters. The van der Waals surface area contributed by atoms with E-state index in [2.05, 4.69) is 15.6 Å². The van der Waals surface area contributed by atoms with E-state index in [0.717, 1.165) is 29.5 Å². The Kier molecular flexibility index (Phi) is 5.27. The molecule has 0 atom stereocenters. The molecule has 172 valence electrons. The molecule has 1 fully saturated rings. The molecule has 0 saturated heterocycles. The van der Waals surface area contributed by atoms with Gasteiger partial charge in [0.2, 0.25) is 0 Å². The SMILES string of the molecule is CC(C)(C)OC(=O)NC1(c2ccc(-c3ccc4c(C(N)=O)c(NC(N)=O)[nH]c4c3)cc2)CC1. The summed E-state index contributed by atoms with van der Waals surface area (Å²) in [6, 6.07) is 12.7. The standard InChI is InChI=1S/C24H27N5O4/c1-23(2,3)33-22(32)29-24(10-11-24)15-7-4-13(5-8-15)14-6-9-16-17(12-14)27-20(28-21(26)31)18(16)19(25)30/h4-9,12,27H,10-11H2,1-3H3,(H2,25,30)(H,29,32)(H3,26,28,31). The van der Waals surface area contributed by atoms with Crippen LogP contribution in [-0.4, -0.2) is 28.6 Å². The first kappa shape index (κ1) is 22.2. The van der Waals surface area contributed by atoms with Crippen molar-refractivity contribution in [3.63, 3.8) is 0 Å². The van der Waals surface area contributed by atoms with Gasteiger partial charge in [-0.2, -0.15) is 0 Å². The van der Waals surface area contributed by atoms with Gasteiger partial charge in [0, 0.05) is 10.9 Å². The van der Waals surface area contributed by atoms with Crippen LogP contribution in [0.25, 0.3) is 22.0 Å². The van der Waals surface area contributed by atoms with Gasteiger partial charge >= 0.3 is 12.1 Å². The van der Waals surface area contributed by atoms with Crippen LogP contribution < -0.4 is 22.1 Å². The predicted octanol–water partition coefficient (Wildman–Crippen LogP) is 3.94. The summed E-state index contributed by atoms with van der Waals surface area (Å²) in [5, 5.41) is 5.99.